The molecule has 0 bridgehead atoms. The summed E-state index contributed by atoms with van der Waals surface area (Å²) in [5.74, 6) is -1.62. The van der Waals surface area contributed by atoms with E-state index >= 15 is 0 Å². The quantitative estimate of drug-likeness (QED) is 0.640. The zero-order valence-electron chi connectivity index (χ0n) is 9.64. The summed E-state index contributed by atoms with van der Waals surface area (Å²) < 4.78 is 5.00. The van der Waals surface area contributed by atoms with Crippen LogP contribution in [0.25, 0.3) is 0 Å². The highest BCUT2D eigenvalue weighted by Gasteiger charge is 2.20. The molecule has 4 nitrogen and oxygen atoms in total. The second-order valence-corrected chi connectivity index (χ2v) is 4.48. The number of carboxylic acid groups (broad SMARTS) is 1. The average Bonchev–Trinajstić information content (AvgIpc) is 2.24. The molecule has 0 aliphatic rings. The third-order valence-electron chi connectivity index (χ3n) is 2.02. The lowest BCUT2D eigenvalue weighted by Gasteiger charge is -2.10. The van der Waals surface area contributed by atoms with Crippen LogP contribution in [0.2, 0.25) is 0 Å². The molecule has 5 heteroatoms. The van der Waals surface area contributed by atoms with E-state index in [0.717, 1.165) is 0 Å². The molecule has 17 heavy (non-hydrogen) atoms. The Balaban J connectivity index is 3.01. The largest absolute Gasteiger partial charge is 0.478 e. The molecule has 0 atom stereocenters. The van der Waals surface area contributed by atoms with Crippen LogP contribution in [0.15, 0.2) is 23.1 Å². The van der Waals surface area contributed by atoms with E-state index in [1.54, 1.807) is 6.07 Å². The van der Waals surface area contributed by atoms with Gasteiger partial charge >= 0.3 is 11.9 Å². The summed E-state index contributed by atoms with van der Waals surface area (Å²) in [5, 5.41) is 9.02. The lowest BCUT2D eigenvalue weighted by atomic mass is 10.1. The number of carbonyl (C=O) groups is 2. The fraction of sp³-hybridized carbons (Fsp3) is 0.333. The van der Waals surface area contributed by atoms with Crippen LogP contribution in [0.1, 0.15) is 34.6 Å². The van der Waals surface area contributed by atoms with E-state index in [1.165, 1.54) is 12.1 Å². The van der Waals surface area contributed by atoms with Crippen LogP contribution in [-0.4, -0.2) is 23.7 Å². The van der Waals surface area contributed by atoms with Gasteiger partial charge in [-0.2, -0.15) is 0 Å². The summed E-state index contributed by atoms with van der Waals surface area (Å²) in [4.78, 5) is 23.0. The van der Waals surface area contributed by atoms with E-state index in [0.29, 0.717) is 0 Å². The Hall–Kier alpha value is -1.49. The van der Waals surface area contributed by atoms with Gasteiger partial charge in [0.05, 0.1) is 17.7 Å². The maximum Gasteiger partial charge on any atom is 0.339 e. The molecule has 0 aliphatic heterocycles. The second kappa shape index (κ2) is 5.72. The molecule has 1 aromatic rings. The first kappa shape index (κ1) is 13.6. The number of thiol groups is 1. The number of ether oxygens (including phenoxy) is 1. The topological polar surface area (TPSA) is 63.6 Å². The van der Waals surface area contributed by atoms with Gasteiger partial charge in [0.25, 0.3) is 0 Å². The highest BCUT2D eigenvalue weighted by Crippen LogP contribution is 2.19. The number of esters is 1. The fourth-order valence-corrected chi connectivity index (χ4v) is 1.56. The number of carboxylic acids is 1. The molecule has 0 amide bonds. The molecule has 1 aromatic carbocycles. The molecule has 0 aliphatic carbocycles. The third kappa shape index (κ3) is 3.49. The van der Waals surface area contributed by atoms with Crippen LogP contribution in [0.5, 0.6) is 0 Å². The number of carbonyl (C=O) groups excluding carboxylic acids is 1. The molecule has 0 heterocycles. The highest BCUT2D eigenvalue weighted by atomic mass is 32.1. The zero-order valence-corrected chi connectivity index (χ0v) is 10.5. The molecule has 0 fully saturated rings. The van der Waals surface area contributed by atoms with Crippen LogP contribution >= 0.6 is 12.6 Å². The molecule has 0 saturated carbocycles. The summed E-state index contributed by atoms with van der Waals surface area (Å²) in [5.41, 5.74) is -0.0877. The van der Waals surface area contributed by atoms with E-state index in [1.807, 2.05) is 13.8 Å². The van der Waals surface area contributed by atoms with Crippen molar-refractivity contribution in [3.8, 4) is 0 Å². The van der Waals surface area contributed by atoms with Crippen molar-refractivity contribution in [1.82, 2.24) is 0 Å². The van der Waals surface area contributed by atoms with Crippen LogP contribution < -0.4 is 0 Å². The van der Waals surface area contributed by atoms with Gasteiger partial charge < -0.3 is 9.84 Å². The highest BCUT2D eigenvalue weighted by molar-refractivity contribution is 7.80. The maximum atomic E-state index is 11.7. The smallest absolute Gasteiger partial charge is 0.339 e. The van der Waals surface area contributed by atoms with Crippen LogP contribution in [0, 0.1) is 5.92 Å². The molecule has 0 spiro atoms. The fourth-order valence-electron chi connectivity index (χ4n) is 1.26. The monoisotopic (exact) mass is 254 g/mol. The average molecular weight is 254 g/mol. The Morgan fingerprint density at radius 3 is 2.59 bits per heavy atom. The number of rotatable bonds is 4. The molecule has 1 N–H and O–H groups in total. The second-order valence-electron chi connectivity index (χ2n) is 4.00. The predicted molar refractivity (Wildman–Crippen MR) is 65.8 cm³/mol. The molecule has 0 radical (unpaired) electrons. The number of benzene rings is 1. The SMILES string of the molecule is CC(C)COC(=O)c1cccc(S)c1C(=O)O. The lowest BCUT2D eigenvalue weighted by molar-refractivity contribution is 0.0449. The van der Waals surface area contributed by atoms with Crippen molar-refractivity contribution >= 4 is 24.6 Å². The first-order chi connectivity index (χ1) is 7.93. The van der Waals surface area contributed by atoms with E-state index < -0.39 is 11.9 Å². The molecule has 0 aromatic heterocycles. The summed E-state index contributed by atoms with van der Waals surface area (Å²) in [6.45, 7) is 4.07. The lowest BCUT2D eigenvalue weighted by Crippen LogP contribution is -2.14. The molecular formula is C12H14O4S. The summed E-state index contributed by atoms with van der Waals surface area (Å²) in [6, 6.07) is 4.51. The van der Waals surface area contributed by atoms with Crippen molar-refractivity contribution in [2.45, 2.75) is 18.7 Å². The molecule has 1 rings (SSSR count). The molecule has 0 unspecified atom stereocenters. The maximum absolute atomic E-state index is 11.7. The molecular weight excluding hydrogens is 240 g/mol. The van der Waals surface area contributed by atoms with Crippen LogP contribution in [-0.2, 0) is 4.74 Å². The van der Waals surface area contributed by atoms with Crippen molar-refractivity contribution in [2.24, 2.45) is 5.92 Å². The van der Waals surface area contributed by atoms with Gasteiger partial charge in [0.2, 0.25) is 0 Å². The Labute approximate surface area is 105 Å². The van der Waals surface area contributed by atoms with E-state index in [-0.39, 0.29) is 28.5 Å². The van der Waals surface area contributed by atoms with Crippen molar-refractivity contribution in [1.29, 1.82) is 0 Å². The van der Waals surface area contributed by atoms with E-state index in [9.17, 15) is 9.59 Å². The van der Waals surface area contributed by atoms with Gasteiger partial charge in [0.1, 0.15) is 0 Å². The number of hydrogen-bond donors (Lipinski definition) is 2. The van der Waals surface area contributed by atoms with Crippen LogP contribution in [0.4, 0.5) is 0 Å². The standard InChI is InChI=1S/C12H14O4S/c1-7(2)6-16-12(15)8-4-3-5-9(17)10(8)11(13)14/h3-5,7,17H,6H2,1-2H3,(H,13,14). The Morgan fingerprint density at radius 1 is 1.41 bits per heavy atom. The van der Waals surface area contributed by atoms with Gasteiger partial charge in [-0.3, -0.25) is 0 Å². The van der Waals surface area contributed by atoms with Crippen molar-refractivity contribution < 1.29 is 19.4 Å². The summed E-state index contributed by atoms with van der Waals surface area (Å²) in [7, 11) is 0. The van der Waals surface area contributed by atoms with Crippen molar-refractivity contribution in [2.75, 3.05) is 6.61 Å². The number of hydrogen-bond acceptors (Lipinski definition) is 4. The number of aromatic carboxylic acids is 1. The Kier molecular flexibility index (Phi) is 4.57. The minimum atomic E-state index is -1.19. The van der Waals surface area contributed by atoms with Gasteiger partial charge in [-0.1, -0.05) is 19.9 Å². The van der Waals surface area contributed by atoms with Gasteiger partial charge in [0.15, 0.2) is 0 Å². The summed E-state index contributed by atoms with van der Waals surface area (Å²) >= 11 is 4.02. The van der Waals surface area contributed by atoms with Gasteiger partial charge in [0, 0.05) is 4.90 Å². The minimum absolute atomic E-state index is 0.0330. The zero-order chi connectivity index (χ0) is 13.0. The first-order valence-corrected chi connectivity index (χ1v) is 5.60. The Morgan fingerprint density at radius 2 is 2.06 bits per heavy atom. The molecule has 92 valence electrons. The summed E-state index contributed by atoms with van der Waals surface area (Å²) in [6.07, 6.45) is 0. The minimum Gasteiger partial charge on any atom is -0.478 e. The Bertz CT molecular complexity index is 440. The predicted octanol–water partition coefficient (Wildman–Crippen LogP) is 2.49. The van der Waals surface area contributed by atoms with E-state index in [4.69, 9.17) is 9.84 Å². The van der Waals surface area contributed by atoms with Crippen molar-refractivity contribution in [3.63, 3.8) is 0 Å². The molecule has 0 saturated heterocycles. The van der Waals surface area contributed by atoms with Gasteiger partial charge in [-0.25, -0.2) is 9.59 Å². The van der Waals surface area contributed by atoms with E-state index in [2.05, 4.69) is 12.6 Å². The third-order valence-corrected chi connectivity index (χ3v) is 2.40. The van der Waals surface area contributed by atoms with Gasteiger partial charge in [-0.05, 0) is 18.1 Å². The van der Waals surface area contributed by atoms with Crippen LogP contribution in [0.3, 0.4) is 0 Å². The van der Waals surface area contributed by atoms with Gasteiger partial charge in [-0.15, -0.1) is 12.6 Å². The van der Waals surface area contributed by atoms with Crippen molar-refractivity contribution in [3.05, 3.63) is 29.3 Å². The normalized spacial score (nSPS) is 10.4. The first-order valence-electron chi connectivity index (χ1n) is 5.16.